The van der Waals surface area contributed by atoms with E-state index in [9.17, 15) is 0 Å². The lowest BCUT2D eigenvalue weighted by Gasteiger charge is -2.07. The van der Waals surface area contributed by atoms with Crippen molar-refractivity contribution in [2.24, 2.45) is 0 Å². The largest absolute Gasteiger partial charge is 0.508 e. The van der Waals surface area contributed by atoms with Gasteiger partial charge in [-0.2, -0.15) is 0 Å². The van der Waals surface area contributed by atoms with E-state index in [-0.39, 0.29) is 6.61 Å². The van der Waals surface area contributed by atoms with Crippen LogP contribution < -0.4 is 0 Å². The molecule has 0 aromatic heterocycles. The first-order valence-electron chi connectivity index (χ1n) is 9.18. The van der Waals surface area contributed by atoms with Gasteiger partial charge >= 0.3 is 0 Å². The summed E-state index contributed by atoms with van der Waals surface area (Å²) in [7, 11) is 0. The van der Waals surface area contributed by atoms with E-state index in [1.807, 2.05) is 6.07 Å². The fraction of sp³-hybridized carbons (Fsp3) is 0.684. The number of para-hydroxylation sites is 1. The van der Waals surface area contributed by atoms with Gasteiger partial charge in [0.15, 0.2) is 0 Å². The van der Waals surface area contributed by atoms with E-state index in [1.54, 1.807) is 24.3 Å². The number of rotatable bonds is 16. The molecule has 1 aliphatic rings. The Kier molecular flexibility index (Phi) is 16.0. The number of hydrogen-bond acceptors (Lipinski definition) is 8. The van der Waals surface area contributed by atoms with Crippen LogP contribution in [-0.2, 0) is 28.4 Å². The van der Waals surface area contributed by atoms with Gasteiger partial charge in [0, 0.05) is 0 Å². The smallest absolute Gasteiger partial charge is 0.115 e. The first-order chi connectivity index (χ1) is 13.3. The van der Waals surface area contributed by atoms with Gasteiger partial charge in [0.05, 0.1) is 79.3 Å². The average Bonchev–Trinajstić information content (AvgIpc) is 3.50. The van der Waals surface area contributed by atoms with Crippen molar-refractivity contribution in [3.8, 4) is 5.75 Å². The number of aliphatic hydroxyl groups excluding tert-OH is 1. The van der Waals surface area contributed by atoms with Gasteiger partial charge < -0.3 is 38.6 Å². The Morgan fingerprint density at radius 1 is 0.741 bits per heavy atom. The second-order valence-corrected chi connectivity index (χ2v) is 5.54. The molecule has 8 heteroatoms. The summed E-state index contributed by atoms with van der Waals surface area (Å²) >= 11 is 0. The quantitative estimate of drug-likeness (QED) is 0.318. The molecule has 1 atom stereocenters. The van der Waals surface area contributed by atoms with E-state index >= 15 is 0 Å². The monoisotopic (exact) mass is 388 g/mol. The van der Waals surface area contributed by atoms with Crippen LogP contribution in [0, 0.1) is 0 Å². The molecular formula is C19H32O8. The van der Waals surface area contributed by atoms with Crippen LogP contribution in [0.3, 0.4) is 0 Å². The molecule has 156 valence electrons. The van der Waals surface area contributed by atoms with Crippen LogP contribution in [0.15, 0.2) is 30.3 Å². The molecule has 0 bridgehead atoms. The van der Waals surface area contributed by atoms with Gasteiger partial charge in [-0.15, -0.1) is 0 Å². The van der Waals surface area contributed by atoms with Gasteiger partial charge in [-0.25, -0.2) is 0 Å². The van der Waals surface area contributed by atoms with Crippen LogP contribution >= 0.6 is 0 Å². The number of benzene rings is 1. The van der Waals surface area contributed by atoms with Crippen LogP contribution in [0.4, 0.5) is 0 Å². The van der Waals surface area contributed by atoms with E-state index in [0.717, 1.165) is 6.61 Å². The number of epoxide rings is 1. The van der Waals surface area contributed by atoms with Crippen LogP contribution in [0.5, 0.6) is 5.75 Å². The average molecular weight is 388 g/mol. The second kappa shape index (κ2) is 18.1. The molecule has 2 rings (SSSR count). The Bertz CT molecular complexity index is 413. The lowest BCUT2D eigenvalue weighted by Crippen LogP contribution is -2.14. The Balaban J connectivity index is 0.000000433. The number of phenols is 1. The van der Waals surface area contributed by atoms with Gasteiger partial charge in [-0.05, 0) is 12.1 Å². The summed E-state index contributed by atoms with van der Waals surface area (Å²) in [4.78, 5) is 0. The third kappa shape index (κ3) is 17.9. The fourth-order valence-corrected chi connectivity index (χ4v) is 1.75. The van der Waals surface area contributed by atoms with Crippen LogP contribution in [0.25, 0.3) is 0 Å². The summed E-state index contributed by atoms with van der Waals surface area (Å²) in [6, 6.07) is 8.71. The molecule has 1 aromatic carbocycles. The van der Waals surface area contributed by atoms with Gasteiger partial charge in [0.25, 0.3) is 0 Å². The summed E-state index contributed by atoms with van der Waals surface area (Å²) in [5.41, 5.74) is 0. The molecule has 1 fully saturated rings. The molecular weight excluding hydrogens is 356 g/mol. The highest BCUT2D eigenvalue weighted by Crippen LogP contribution is 2.07. The molecule has 0 spiro atoms. The summed E-state index contributed by atoms with van der Waals surface area (Å²) in [5.74, 6) is 0.322. The zero-order valence-corrected chi connectivity index (χ0v) is 15.8. The van der Waals surface area contributed by atoms with Gasteiger partial charge in [-0.3, -0.25) is 0 Å². The van der Waals surface area contributed by atoms with E-state index in [0.29, 0.717) is 77.9 Å². The van der Waals surface area contributed by atoms with E-state index in [2.05, 4.69) is 0 Å². The summed E-state index contributed by atoms with van der Waals surface area (Å²) < 4.78 is 31.3. The first kappa shape index (κ1) is 23.8. The Morgan fingerprint density at radius 3 is 1.56 bits per heavy atom. The van der Waals surface area contributed by atoms with Crippen molar-refractivity contribution in [3.63, 3.8) is 0 Å². The van der Waals surface area contributed by atoms with Crippen LogP contribution in [-0.4, -0.2) is 95.6 Å². The maximum atomic E-state index is 8.63. The lowest BCUT2D eigenvalue weighted by molar-refractivity contribution is -0.0139. The molecule has 2 N–H and O–H groups in total. The number of hydrogen-bond donors (Lipinski definition) is 2. The molecule has 27 heavy (non-hydrogen) atoms. The zero-order chi connectivity index (χ0) is 19.4. The van der Waals surface area contributed by atoms with Crippen molar-refractivity contribution in [1.29, 1.82) is 0 Å². The van der Waals surface area contributed by atoms with E-state index in [1.165, 1.54) is 0 Å². The van der Waals surface area contributed by atoms with Crippen LogP contribution in [0.1, 0.15) is 0 Å². The minimum atomic E-state index is 0.0442. The van der Waals surface area contributed by atoms with Gasteiger partial charge in [0.2, 0.25) is 0 Å². The van der Waals surface area contributed by atoms with Gasteiger partial charge in [-0.1, -0.05) is 18.2 Å². The van der Waals surface area contributed by atoms with Crippen molar-refractivity contribution in [2.75, 3.05) is 79.3 Å². The summed E-state index contributed by atoms with van der Waals surface area (Å²) in [6.07, 6.45) is 0.312. The standard InChI is InChI=1S/C13H26O7.C6H6O/c14-1-2-15-3-4-16-5-6-17-7-8-18-9-10-19-11-13-12-20-13;7-6-4-2-1-3-5-6/h13-14H,1-12H2;1-5,7H. The molecule has 0 amide bonds. The molecule has 8 nitrogen and oxygen atoms in total. The summed E-state index contributed by atoms with van der Waals surface area (Å²) in [6.45, 7) is 6.26. The minimum Gasteiger partial charge on any atom is -0.508 e. The maximum Gasteiger partial charge on any atom is 0.115 e. The van der Waals surface area contributed by atoms with Crippen molar-refractivity contribution in [2.45, 2.75) is 6.10 Å². The lowest BCUT2D eigenvalue weighted by atomic mass is 10.3. The molecule has 1 saturated heterocycles. The zero-order valence-electron chi connectivity index (χ0n) is 15.8. The van der Waals surface area contributed by atoms with Crippen molar-refractivity contribution in [3.05, 3.63) is 30.3 Å². The molecule has 0 aliphatic carbocycles. The number of aromatic hydroxyl groups is 1. The van der Waals surface area contributed by atoms with Crippen molar-refractivity contribution >= 4 is 0 Å². The van der Waals surface area contributed by atoms with Crippen LogP contribution in [0.2, 0.25) is 0 Å². The van der Waals surface area contributed by atoms with Crippen molar-refractivity contribution < 1.29 is 38.6 Å². The predicted octanol–water partition coefficient (Wildman–Crippen LogP) is 0.853. The van der Waals surface area contributed by atoms with E-state index in [4.69, 9.17) is 38.6 Å². The third-order valence-electron chi connectivity index (χ3n) is 3.19. The predicted molar refractivity (Wildman–Crippen MR) is 99.0 cm³/mol. The highest BCUT2D eigenvalue weighted by Gasteiger charge is 2.21. The van der Waals surface area contributed by atoms with Gasteiger partial charge in [0.1, 0.15) is 11.9 Å². The minimum absolute atomic E-state index is 0.0442. The normalized spacial score (nSPS) is 15.2. The summed E-state index contributed by atoms with van der Waals surface area (Å²) in [5, 5.41) is 17.1. The molecule has 1 heterocycles. The number of phenolic OH excluding ortho intramolecular Hbond substituents is 1. The first-order valence-corrected chi connectivity index (χ1v) is 9.18. The Labute approximate surface area is 160 Å². The highest BCUT2D eigenvalue weighted by molar-refractivity contribution is 5.18. The topological polar surface area (TPSA) is 99.1 Å². The third-order valence-corrected chi connectivity index (χ3v) is 3.19. The highest BCUT2D eigenvalue weighted by atomic mass is 16.6. The number of ether oxygens (including phenoxy) is 6. The SMILES string of the molecule is OCCOCCOCCOCCOCCOCC1CO1.Oc1ccccc1. The molecule has 0 saturated carbocycles. The molecule has 1 unspecified atom stereocenters. The Hall–Kier alpha value is -1.26. The second-order valence-electron chi connectivity index (χ2n) is 5.54. The Morgan fingerprint density at radius 2 is 1.19 bits per heavy atom. The van der Waals surface area contributed by atoms with E-state index < -0.39 is 0 Å². The molecule has 1 aliphatic heterocycles. The fourth-order valence-electron chi connectivity index (χ4n) is 1.75. The number of aliphatic hydroxyl groups is 1. The molecule has 1 aromatic rings. The molecule has 0 radical (unpaired) electrons. The van der Waals surface area contributed by atoms with Crippen molar-refractivity contribution in [1.82, 2.24) is 0 Å². The maximum absolute atomic E-state index is 8.63.